The van der Waals surface area contributed by atoms with Crippen LogP contribution in [0.4, 0.5) is 0 Å². The quantitative estimate of drug-likeness (QED) is 0.483. The fourth-order valence-electron chi connectivity index (χ4n) is 2.86. The Hall–Kier alpha value is -2.63. The summed E-state index contributed by atoms with van der Waals surface area (Å²) in [6.07, 6.45) is 1.60. The number of benzene rings is 1. The van der Waals surface area contributed by atoms with Crippen LogP contribution in [0, 0.1) is 0 Å². The van der Waals surface area contributed by atoms with Crippen LogP contribution in [0.2, 0.25) is 0 Å². The number of thiocarbonyl (C=S) groups is 1. The summed E-state index contributed by atoms with van der Waals surface area (Å²) in [4.78, 5) is 38.6. The number of carboxylic acids is 1. The number of ether oxygens (including phenoxy) is 3. The van der Waals surface area contributed by atoms with Gasteiger partial charge in [-0.2, -0.15) is 0 Å². The van der Waals surface area contributed by atoms with Crippen molar-refractivity contribution in [3.8, 4) is 11.5 Å². The first-order valence-electron chi connectivity index (χ1n) is 9.02. The van der Waals surface area contributed by atoms with Gasteiger partial charge < -0.3 is 24.2 Å². The standard InChI is InChI=1S/C19H20N2O7S2/c1-26-14-8-12(9-15-18(25)21(10-17(23)24)19(29)30-15)2-3-13(14)28-11-16(22)20-4-6-27-7-5-20/h2-3,8-9H,4-7,10-11H2,1H3,(H,23,24)/b15-9-. The van der Waals surface area contributed by atoms with Gasteiger partial charge in [0.25, 0.3) is 11.8 Å². The van der Waals surface area contributed by atoms with Crippen LogP contribution < -0.4 is 9.47 Å². The van der Waals surface area contributed by atoms with E-state index < -0.39 is 18.4 Å². The first-order chi connectivity index (χ1) is 14.4. The van der Waals surface area contributed by atoms with Crippen LogP contribution in [0.1, 0.15) is 5.56 Å². The molecule has 30 heavy (non-hydrogen) atoms. The van der Waals surface area contributed by atoms with Gasteiger partial charge >= 0.3 is 5.97 Å². The molecular weight excluding hydrogens is 432 g/mol. The minimum Gasteiger partial charge on any atom is -0.493 e. The molecule has 0 atom stereocenters. The second kappa shape index (κ2) is 9.92. The van der Waals surface area contributed by atoms with Gasteiger partial charge in [-0.1, -0.05) is 30.0 Å². The molecule has 2 amide bonds. The molecule has 0 radical (unpaired) electrons. The maximum atomic E-state index is 12.4. The molecule has 1 aromatic rings. The Kier molecular flexibility index (Phi) is 7.29. The summed E-state index contributed by atoms with van der Waals surface area (Å²) in [6.45, 7) is 1.51. The molecule has 0 unspecified atom stereocenters. The van der Waals surface area contributed by atoms with Gasteiger partial charge in [0.05, 0.1) is 25.2 Å². The number of carbonyl (C=O) groups excluding carboxylic acids is 2. The summed E-state index contributed by atoms with van der Waals surface area (Å²) >= 11 is 6.13. The number of nitrogens with zero attached hydrogens (tertiary/aromatic N) is 2. The molecule has 9 nitrogen and oxygen atoms in total. The van der Waals surface area contributed by atoms with Crippen molar-refractivity contribution in [3.63, 3.8) is 0 Å². The highest BCUT2D eigenvalue weighted by atomic mass is 32.2. The Morgan fingerprint density at radius 3 is 2.70 bits per heavy atom. The predicted molar refractivity (Wildman–Crippen MR) is 113 cm³/mol. The zero-order valence-electron chi connectivity index (χ0n) is 16.2. The lowest BCUT2D eigenvalue weighted by Crippen LogP contribution is -2.43. The fourth-order valence-corrected chi connectivity index (χ4v) is 4.11. The molecule has 0 bridgehead atoms. The topological polar surface area (TPSA) is 106 Å². The lowest BCUT2D eigenvalue weighted by atomic mass is 10.2. The number of methoxy groups -OCH3 is 1. The number of morpholine rings is 1. The average Bonchev–Trinajstić information content (AvgIpc) is 3.00. The van der Waals surface area contributed by atoms with Crippen LogP contribution >= 0.6 is 24.0 Å². The van der Waals surface area contributed by atoms with Gasteiger partial charge in [-0.15, -0.1) is 0 Å². The van der Waals surface area contributed by atoms with Crippen molar-refractivity contribution in [3.05, 3.63) is 28.7 Å². The van der Waals surface area contributed by atoms with E-state index in [4.69, 9.17) is 31.5 Å². The van der Waals surface area contributed by atoms with E-state index in [0.29, 0.717) is 48.3 Å². The van der Waals surface area contributed by atoms with Crippen molar-refractivity contribution in [1.29, 1.82) is 0 Å². The maximum absolute atomic E-state index is 12.4. The molecular formula is C19H20N2O7S2. The SMILES string of the molecule is COc1cc(/C=C2\SC(=S)N(CC(=O)O)C2=O)ccc1OCC(=O)N1CCOCC1. The molecule has 2 heterocycles. The van der Waals surface area contributed by atoms with Crippen molar-refractivity contribution in [1.82, 2.24) is 9.80 Å². The van der Waals surface area contributed by atoms with Crippen molar-refractivity contribution >= 4 is 52.2 Å². The Balaban J connectivity index is 1.69. The fraction of sp³-hybridized carbons (Fsp3) is 0.368. The Labute approximate surface area is 182 Å². The van der Waals surface area contributed by atoms with E-state index >= 15 is 0 Å². The van der Waals surface area contributed by atoms with Gasteiger partial charge in [0.2, 0.25) is 0 Å². The number of thioether (sulfide) groups is 1. The summed E-state index contributed by atoms with van der Waals surface area (Å²) in [5.74, 6) is -0.925. The van der Waals surface area contributed by atoms with Crippen LogP contribution in [-0.4, -0.2) is 83.6 Å². The molecule has 2 aliphatic heterocycles. The van der Waals surface area contributed by atoms with E-state index in [1.54, 1.807) is 29.2 Å². The third-order valence-corrected chi connectivity index (χ3v) is 5.75. The molecule has 3 rings (SSSR count). The van der Waals surface area contributed by atoms with Gasteiger partial charge in [-0.05, 0) is 23.8 Å². The Morgan fingerprint density at radius 2 is 2.03 bits per heavy atom. The minimum atomic E-state index is -1.14. The Morgan fingerprint density at radius 1 is 1.30 bits per heavy atom. The molecule has 160 valence electrons. The molecule has 0 spiro atoms. The van der Waals surface area contributed by atoms with Crippen molar-refractivity contribution in [2.45, 2.75) is 0 Å². The second-order valence-corrected chi connectivity index (χ2v) is 8.03. The normalized spacial score (nSPS) is 18.1. The number of hydrogen-bond donors (Lipinski definition) is 1. The molecule has 1 aromatic carbocycles. The van der Waals surface area contributed by atoms with Crippen LogP contribution in [0.5, 0.6) is 11.5 Å². The summed E-state index contributed by atoms with van der Waals surface area (Å²) < 4.78 is 16.4. The number of hydrogen-bond acceptors (Lipinski definition) is 8. The highest BCUT2D eigenvalue weighted by Gasteiger charge is 2.33. The third-order valence-electron chi connectivity index (χ3n) is 4.37. The molecule has 11 heteroatoms. The highest BCUT2D eigenvalue weighted by Crippen LogP contribution is 2.34. The van der Waals surface area contributed by atoms with Gasteiger partial charge in [-0.25, -0.2) is 0 Å². The van der Waals surface area contributed by atoms with E-state index in [9.17, 15) is 14.4 Å². The summed E-state index contributed by atoms with van der Waals surface area (Å²) in [5.41, 5.74) is 0.648. The smallest absolute Gasteiger partial charge is 0.323 e. The van der Waals surface area contributed by atoms with Crippen molar-refractivity contribution < 1.29 is 33.7 Å². The molecule has 0 aromatic heterocycles. The van der Waals surface area contributed by atoms with Crippen LogP contribution in [0.3, 0.4) is 0 Å². The lowest BCUT2D eigenvalue weighted by Gasteiger charge is -2.26. The van der Waals surface area contributed by atoms with Gasteiger partial charge in [0, 0.05) is 13.1 Å². The van der Waals surface area contributed by atoms with Crippen molar-refractivity contribution in [2.24, 2.45) is 0 Å². The first-order valence-corrected chi connectivity index (χ1v) is 10.2. The summed E-state index contributed by atoms with van der Waals surface area (Å²) in [5, 5.41) is 8.91. The van der Waals surface area contributed by atoms with Crippen LogP contribution in [0.15, 0.2) is 23.1 Å². The number of amides is 2. The van der Waals surface area contributed by atoms with Crippen LogP contribution in [-0.2, 0) is 19.1 Å². The lowest BCUT2D eigenvalue weighted by molar-refractivity contribution is -0.140. The summed E-state index contributed by atoms with van der Waals surface area (Å²) in [6, 6.07) is 5.02. The predicted octanol–water partition coefficient (Wildman–Crippen LogP) is 1.22. The monoisotopic (exact) mass is 452 g/mol. The zero-order chi connectivity index (χ0) is 21.7. The maximum Gasteiger partial charge on any atom is 0.323 e. The number of carboxylic acid groups (broad SMARTS) is 1. The summed E-state index contributed by atoms with van der Waals surface area (Å²) in [7, 11) is 1.47. The first kappa shape index (κ1) is 22.1. The van der Waals surface area contributed by atoms with E-state index in [1.807, 2.05) is 0 Å². The third kappa shape index (κ3) is 5.29. The molecule has 0 aliphatic carbocycles. The van der Waals surface area contributed by atoms with Gasteiger partial charge in [0.1, 0.15) is 10.9 Å². The highest BCUT2D eigenvalue weighted by molar-refractivity contribution is 8.26. The largest absolute Gasteiger partial charge is 0.493 e. The van der Waals surface area contributed by atoms with E-state index in [1.165, 1.54) is 7.11 Å². The molecule has 0 saturated carbocycles. The number of aliphatic carboxylic acids is 1. The number of carbonyl (C=O) groups is 3. The second-order valence-electron chi connectivity index (χ2n) is 6.35. The van der Waals surface area contributed by atoms with E-state index in [0.717, 1.165) is 16.7 Å². The van der Waals surface area contributed by atoms with Gasteiger partial charge in [-0.3, -0.25) is 19.3 Å². The molecule has 1 N–H and O–H groups in total. The van der Waals surface area contributed by atoms with Crippen LogP contribution in [0.25, 0.3) is 6.08 Å². The van der Waals surface area contributed by atoms with E-state index in [2.05, 4.69) is 0 Å². The molecule has 2 saturated heterocycles. The number of rotatable bonds is 7. The van der Waals surface area contributed by atoms with E-state index in [-0.39, 0.29) is 16.8 Å². The average molecular weight is 453 g/mol. The molecule has 2 aliphatic rings. The zero-order valence-corrected chi connectivity index (χ0v) is 17.8. The minimum absolute atomic E-state index is 0.121. The molecule has 2 fully saturated rings. The Bertz CT molecular complexity index is 897. The van der Waals surface area contributed by atoms with Gasteiger partial charge in [0.15, 0.2) is 18.1 Å². The van der Waals surface area contributed by atoms with Crippen molar-refractivity contribution in [2.75, 3.05) is 46.6 Å².